The number of esters is 2. The monoisotopic (exact) mass is 890 g/mol. The lowest BCUT2D eigenvalue weighted by molar-refractivity contribution is -0.183. The zero-order valence-electron chi connectivity index (χ0n) is 39.4. The number of benzene rings is 1. The van der Waals surface area contributed by atoms with Crippen molar-refractivity contribution in [2.24, 2.45) is 23.7 Å². The summed E-state index contributed by atoms with van der Waals surface area (Å²) in [5, 5.41) is 20.0. The van der Waals surface area contributed by atoms with Crippen molar-refractivity contribution in [2.75, 3.05) is 40.3 Å². The van der Waals surface area contributed by atoms with E-state index in [0.717, 1.165) is 25.1 Å². The molecule has 14 heteroatoms. The maximum absolute atomic E-state index is 15.4. The number of carbonyl (C=O) groups excluding carboxylic acids is 4. The van der Waals surface area contributed by atoms with Crippen molar-refractivity contribution in [3.63, 3.8) is 0 Å². The number of nitrogens with one attached hydrogen (secondary N) is 1. The molecule has 1 aromatic carbocycles. The summed E-state index contributed by atoms with van der Waals surface area (Å²) < 4.78 is 40.0. The highest BCUT2D eigenvalue weighted by Gasteiger charge is 2.84. The molecular formula is C51H62N4O10. The average molecular weight is 891 g/mol. The lowest BCUT2D eigenvalue weighted by atomic mass is 9.44. The number of piperazine rings is 1. The minimum absolute atomic E-state index is 0.0556. The topological polar surface area (TPSA) is 178 Å². The molecule has 1 spiro atoms. The van der Waals surface area contributed by atoms with E-state index in [2.05, 4.69) is 30.9 Å². The van der Waals surface area contributed by atoms with Gasteiger partial charge in [-0.2, -0.15) is 5.26 Å². The lowest BCUT2D eigenvalue weighted by Crippen LogP contribution is -2.75. The number of likely N-dealkylation sites (N-methyl/N-ethyl adjacent to an activating group) is 1. The smallest absolute Gasteiger partial charge is 0.333 e. The van der Waals surface area contributed by atoms with Gasteiger partial charge in [0.25, 0.3) is 0 Å². The van der Waals surface area contributed by atoms with Crippen molar-refractivity contribution in [1.29, 1.82) is 10.7 Å². The molecule has 5 aliphatic heterocycles. The normalized spacial score (nSPS) is 30.2. The van der Waals surface area contributed by atoms with E-state index in [1.807, 2.05) is 59.9 Å². The zero-order valence-corrected chi connectivity index (χ0v) is 39.4. The molecule has 1 aromatic rings. The Hall–Kier alpha value is -5.52. The fraction of sp³-hybridized carbons (Fsp3) is 0.569. The maximum atomic E-state index is 15.4. The van der Waals surface area contributed by atoms with E-state index < -0.39 is 58.0 Å². The first-order valence-corrected chi connectivity index (χ1v) is 22.9. The van der Waals surface area contributed by atoms with Crippen LogP contribution in [0.5, 0.6) is 17.2 Å². The quantitative estimate of drug-likeness (QED) is 0.0951. The Morgan fingerprint density at radius 1 is 0.985 bits per heavy atom. The highest BCUT2D eigenvalue weighted by molar-refractivity contribution is 6.04. The SMILES string of the molecule is COC(=O)C(C)=CCC12OC(C)(C)C3CC(C1=O)C1C4=C(OC(=N)C1C#N)c1c(OC(=O)CCC(=O)N5CCN(C)CC5)c5c(c(CC=C(C)C)c1OC432)OC(C)(CCC=C(C)C)C=C5. The fourth-order valence-corrected chi connectivity index (χ4v) is 11.4. The number of rotatable bonds is 12. The number of hydrogen-bond acceptors (Lipinski definition) is 13. The van der Waals surface area contributed by atoms with Crippen molar-refractivity contribution in [2.45, 2.75) is 123 Å². The Balaban J connectivity index is 1.37. The third-order valence-corrected chi connectivity index (χ3v) is 14.6. The molecule has 7 atom stereocenters. The summed E-state index contributed by atoms with van der Waals surface area (Å²) in [4.78, 5) is 59.8. The van der Waals surface area contributed by atoms with E-state index in [9.17, 15) is 25.1 Å². The highest BCUT2D eigenvalue weighted by atomic mass is 16.6. The molecule has 1 amide bonds. The van der Waals surface area contributed by atoms with E-state index in [-0.39, 0.29) is 65.2 Å². The van der Waals surface area contributed by atoms with Gasteiger partial charge in [0.15, 0.2) is 22.7 Å². The standard InChI is InChI=1S/C51H62N4O10/c1-28(2)12-11-19-49(8)20-18-32-41(63-49)31(14-13-29(3)4)43-39(42(32)61-37(57)16-15-36(56)55-24-22-54(9)23-25-55)44-40-38(34(27-52)46(53)62-44)33-26-35-48(6,7)65-50(45(33)58,51(35,40)64-43)21-17-30(5)47(59)60-10/h12-13,17-18,20,33-35,38,53H,11,14-16,19,21-26H2,1-10H3. The number of amides is 1. The van der Waals surface area contributed by atoms with Crippen LogP contribution in [0.15, 0.2) is 46.6 Å². The molecule has 346 valence electrons. The largest absolute Gasteiger partial charge is 0.482 e. The van der Waals surface area contributed by atoms with E-state index >= 15 is 4.79 Å². The summed E-state index contributed by atoms with van der Waals surface area (Å²) in [6, 6.07) is 2.28. The number of nitrogens with zero attached hydrogens (tertiary/aromatic N) is 3. The van der Waals surface area contributed by atoms with Crippen molar-refractivity contribution in [3.05, 3.63) is 63.3 Å². The summed E-state index contributed by atoms with van der Waals surface area (Å²) >= 11 is 0. The predicted octanol–water partition coefficient (Wildman–Crippen LogP) is 7.45. The molecule has 3 aliphatic carbocycles. The van der Waals surface area contributed by atoms with Gasteiger partial charge in [0.2, 0.25) is 11.8 Å². The van der Waals surface area contributed by atoms with Crippen LogP contribution in [0.2, 0.25) is 0 Å². The van der Waals surface area contributed by atoms with Gasteiger partial charge in [-0.15, -0.1) is 0 Å². The number of Topliss-reactive ketones (excluding diaryl/α,β-unsaturated/α-hetero) is 1. The Morgan fingerprint density at radius 3 is 2.35 bits per heavy atom. The molecule has 0 radical (unpaired) electrons. The second-order valence-electron chi connectivity index (χ2n) is 20.0. The van der Waals surface area contributed by atoms with Crippen molar-refractivity contribution in [3.8, 4) is 23.3 Å². The second kappa shape index (κ2) is 16.7. The second-order valence-corrected chi connectivity index (χ2v) is 20.0. The van der Waals surface area contributed by atoms with Gasteiger partial charge < -0.3 is 38.2 Å². The minimum atomic E-state index is -1.71. The third kappa shape index (κ3) is 7.43. The van der Waals surface area contributed by atoms with Gasteiger partial charge in [-0.05, 0) is 100 Å². The van der Waals surface area contributed by atoms with Crippen LogP contribution in [0.25, 0.3) is 11.8 Å². The average Bonchev–Trinajstić information content (AvgIpc) is 3.39. The molecule has 5 heterocycles. The first-order chi connectivity index (χ1) is 30.7. The van der Waals surface area contributed by atoms with Crippen LogP contribution in [0.3, 0.4) is 0 Å². The van der Waals surface area contributed by atoms with Gasteiger partial charge >= 0.3 is 11.9 Å². The fourth-order valence-electron chi connectivity index (χ4n) is 11.4. The summed E-state index contributed by atoms with van der Waals surface area (Å²) in [7, 11) is 3.30. The maximum Gasteiger partial charge on any atom is 0.333 e. The van der Waals surface area contributed by atoms with Crippen LogP contribution in [0.4, 0.5) is 0 Å². The molecule has 7 unspecified atom stereocenters. The Kier molecular flexibility index (Phi) is 11.8. The molecule has 4 bridgehead atoms. The Bertz CT molecular complexity index is 2460. The number of carbonyl (C=O) groups is 4. The molecule has 14 nitrogen and oxygen atoms in total. The van der Waals surface area contributed by atoms with Crippen LogP contribution in [-0.4, -0.2) is 102 Å². The molecule has 2 saturated heterocycles. The van der Waals surface area contributed by atoms with Gasteiger partial charge in [0, 0.05) is 73.5 Å². The highest BCUT2D eigenvalue weighted by Crippen LogP contribution is 2.74. The lowest BCUT2D eigenvalue weighted by Gasteiger charge is -2.62. The Morgan fingerprint density at radius 2 is 1.69 bits per heavy atom. The number of hydrogen-bond donors (Lipinski definition) is 1. The number of nitriles is 1. The Labute approximate surface area is 381 Å². The number of allylic oxidation sites excluding steroid dienone is 4. The molecule has 5 fully saturated rings. The van der Waals surface area contributed by atoms with Crippen LogP contribution >= 0.6 is 0 Å². The van der Waals surface area contributed by atoms with Gasteiger partial charge in [-0.3, -0.25) is 19.8 Å². The van der Waals surface area contributed by atoms with Crippen LogP contribution in [0.1, 0.15) is 111 Å². The van der Waals surface area contributed by atoms with Crippen molar-refractivity contribution in [1.82, 2.24) is 9.80 Å². The molecule has 1 N–H and O–H groups in total. The number of fused-ring (bicyclic) bond motifs is 3. The molecule has 0 aromatic heterocycles. The van der Waals surface area contributed by atoms with Gasteiger partial charge in [-0.1, -0.05) is 29.4 Å². The van der Waals surface area contributed by atoms with E-state index in [0.29, 0.717) is 54.8 Å². The summed E-state index contributed by atoms with van der Waals surface area (Å²) in [6.07, 6.45) is 11.4. The number of methoxy groups -OCH3 is 1. The molecule has 9 rings (SSSR count). The van der Waals surface area contributed by atoms with Gasteiger partial charge in [0.05, 0.1) is 30.8 Å². The van der Waals surface area contributed by atoms with Gasteiger partial charge in [-0.25, -0.2) is 4.79 Å². The van der Waals surface area contributed by atoms with Crippen LogP contribution < -0.4 is 14.2 Å². The predicted molar refractivity (Wildman–Crippen MR) is 242 cm³/mol. The van der Waals surface area contributed by atoms with E-state index in [4.69, 9.17) is 28.4 Å². The van der Waals surface area contributed by atoms with Crippen LogP contribution in [-0.2, 0) is 39.8 Å². The molecular weight excluding hydrogens is 829 g/mol. The summed E-state index contributed by atoms with van der Waals surface area (Å²) in [5.41, 5.74) is -0.739. The summed E-state index contributed by atoms with van der Waals surface area (Å²) in [6.45, 7) is 18.2. The molecule has 3 saturated carbocycles. The first-order valence-electron chi connectivity index (χ1n) is 22.9. The van der Waals surface area contributed by atoms with Crippen molar-refractivity contribution < 1.29 is 47.6 Å². The number of ketones is 1. The van der Waals surface area contributed by atoms with E-state index in [1.165, 1.54) is 12.7 Å². The molecule has 65 heavy (non-hydrogen) atoms. The van der Waals surface area contributed by atoms with Gasteiger partial charge in [0.1, 0.15) is 34.3 Å². The zero-order chi connectivity index (χ0) is 47.0. The summed E-state index contributed by atoms with van der Waals surface area (Å²) in [5.74, 6) is -4.22. The first kappa shape index (κ1) is 46.0. The van der Waals surface area contributed by atoms with E-state index in [1.54, 1.807) is 17.9 Å². The number of ether oxygens (including phenoxy) is 6. The van der Waals surface area contributed by atoms with Crippen LogP contribution in [0, 0.1) is 40.4 Å². The third-order valence-electron chi connectivity index (χ3n) is 14.6. The minimum Gasteiger partial charge on any atom is -0.482 e. The molecule has 8 aliphatic rings. The van der Waals surface area contributed by atoms with Crippen molar-refractivity contribution >= 4 is 41.4 Å².